The number of aromatic nitrogens is 5. The van der Waals surface area contributed by atoms with Crippen molar-refractivity contribution in [3.63, 3.8) is 0 Å². The maximum atomic E-state index is 12.7. The number of nitrogens with two attached hydrogens (primary N) is 1. The van der Waals surface area contributed by atoms with E-state index in [2.05, 4.69) is 35.9 Å². The van der Waals surface area contributed by atoms with E-state index in [9.17, 15) is 15.3 Å². The van der Waals surface area contributed by atoms with Crippen LogP contribution in [0.1, 0.15) is 11.4 Å². The van der Waals surface area contributed by atoms with Gasteiger partial charge in [0, 0.05) is 17.6 Å². The monoisotopic (exact) mass is 477 g/mol. The summed E-state index contributed by atoms with van der Waals surface area (Å²) in [6, 6.07) is 8.98. The molecule has 0 saturated carbocycles. The molecule has 0 aliphatic rings. The Labute approximate surface area is 184 Å². The fraction of sp³-hybridized carbons (Fsp3) is 0.200. The molecule has 0 atom stereocenters. The van der Waals surface area contributed by atoms with E-state index in [1.165, 1.54) is 0 Å². The average Bonchev–Trinajstić information content (AvgIpc) is 3.01. The minimum absolute atomic E-state index is 0.0880. The first kappa shape index (κ1) is 20.5. The normalized spacial score (nSPS) is 11.2. The molecule has 10 nitrogen and oxygen atoms in total. The molecule has 11 heteroatoms. The molecule has 31 heavy (non-hydrogen) atoms. The van der Waals surface area contributed by atoms with Crippen molar-refractivity contribution < 1.29 is 0 Å². The Kier molecular flexibility index (Phi) is 5.15. The number of aromatic amines is 1. The second-order valence-electron chi connectivity index (χ2n) is 7.11. The highest BCUT2D eigenvalue weighted by atomic mass is 79.9. The van der Waals surface area contributed by atoms with Gasteiger partial charge in [0.2, 0.25) is 0 Å². The Morgan fingerprint density at radius 2 is 1.90 bits per heavy atom. The van der Waals surface area contributed by atoms with E-state index in [0.29, 0.717) is 40.7 Å². The number of nitrogens with zero attached hydrogens (tertiary/aromatic N) is 7. The zero-order valence-corrected chi connectivity index (χ0v) is 18.2. The molecule has 4 aromatic rings. The van der Waals surface area contributed by atoms with Crippen LogP contribution >= 0.6 is 15.9 Å². The topological polar surface area (TPSA) is 153 Å². The maximum absolute atomic E-state index is 12.7. The van der Waals surface area contributed by atoms with Gasteiger partial charge in [-0.2, -0.15) is 10.5 Å². The first-order valence-corrected chi connectivity index (χ1v) is 9.98. The van der Waals surface area contributed by atoms with Crippen LogP contribution in [0, 0.1) is 22.7 Å². The molecule has 0 bridgehead atoms. The number of H-pyrrole nitrogens is 1. The van der Waals surface area contributed by atoms with Crippen LogP contribution in [-0.2, 0) is 6.54 Å². The highest BCUT2D eigenvalue weighted by Crippen LogP contribution is 2.34. The Balaban J connectivity index is 2.06. The van der Waals surface area contributed by atoms with Gasteiger partial charge < -0.3 is 20.2 Å². The summed E-state index contributed by atoms with van der Waals surface area (Å²) in [4.78, 5) is 30.7. The third-order valence-electron chi connectivity index (χ3n) is 4.80. The van der Waals surface area contributed by atoms with E-state index in [-0.39, 0.29) is 28.6 Å². The summed E-state index contributed by atoms with van der Waals surface area (Å²) in [5.74, 6) is 0.504. The van der Waals surface area contributed by atoms with Crippen molar-refractivity contribution >= 4 is 43.8 Å². The number of nitrogens with one attached hydrogen (secondary N) is 1. The summed E-state index contributed by atoms with van der Waals surface area (Å²) in [5.41, 5.74) is 7.42. The Bertz CT molecular complexity index is 1490. The van der Waals surface area contributed by atoms with Gasteiger partial charge in [0.15, 0.2) is 17.0 Å². The van der Waals surface area contributed by atoms with Crippen LogP contribution in [0.5, 0.6) is 0 Å². The Hall–Kier alpha value is -3.80. The van der Waals surface area contributed by atoms with Crippen LogP contribution in [0.25, 0.3) is 33.5 Å². The number of fused-ring (bicyclic) bond motifs is 2. The van der Waals surface area contributed by atoms with Crippen molar-refractivity contribution in [2.24, 2.45) is 0 Å². The van der Waals surface area contributed by atoms with Gasteiger partial charge in [0.25, 0.3) is 5.56 Å². The van der Waals surface area contributed by atoms with Crippen molar-refractivity contribution in [1.29, 1.82) is 10.5 Å². The Morgan fingerprint density at radius 3 is 2.58 bits per heavy atom. The predicted molar refractivity (Wildman–Crippen MR) is 119 cm³/mol. The van der Waals surface area contributed by atoms with Gasteiger partial charge in [0.1, 0.15) is 29.3 Å². The number of benzene rings is 1. The molecule has 154 valence electrons. The van der Waals surface area contributed by atoms with Crippen molar-refractivity contribution in [1.82, 2.24) is 29.4 Å². The smallest absolute Gasteiger partial charge is 0.259 e. The van der Waals surface area contributed by atoms with E-state index in [4.69, 9.17) is 5.73 Å². The summed E-state index contributed by atoms with van der Waals surface area (Å²) in [6.45, 7) is 1.11. The van der Waals surface area contributed by atoms with Gasteiger partial charge >= 0.3 is 0 Å². The van der Waals surface area contributed by atoms with Gasteiger partial charge in [-0.05, 0) is 32.3 Å². The predicted octanol–water partition coefficient (Wildman–Crippen LogP) is 1.98. The van der Waals surface area contributed by atoms with E-state index in [1.807, 2.05) is 31.1 Å². The van der Waals surface area contributed by atoms with Gasteiger partial charge in [-0.1, -0.05) is 15.9 Å². The molecule has 3 aromatic heterocycles. The number of hydrogen-bond acceptors (Lipinski definition) is 8. The van der Waals surface area contributed by atoms with Crippen LogP contribution < -0.4 is 11.3 Å². The average molecular weight is 478 g/mol. The fourth-order valence-corrected chi connectivity index (χ4v) is 3.66. The van der Waals surface area contributed by atoms with Crippen LogP contribution in [0.4, 0.5) is 5.82 Å². The van der Waals surface area contributed by atoms with Crippen molar-refractivity contribution in [3.8, 4) is 23.5 Å². The first-order chi connectivity index (χ1) is 14.8. The molecule has 0 radical (unpaired) electrons. The lowest BCUT2D eigenvalue weighted by atomic mass is 10.2. The lowest BCUT2D eigenvalue weighted by Crippen LogP contribution is -2.19. The number of nitriles is 2. The van der Waals surface area contributed by atoms with Crippen LogP contribution in [0.15, 0.2) is 27.5 Å². The molecule has 0 fully saturated rings. The fourth-order valence-electron chi connectivity index (χ4n) is 3.30. The summed E-state index contributed by atoms with van der Waals surface area (Å²) in [7, 11) is 3.84. The largest absolute Gasteiger partial charge is 0.384 e. The molecular weight excluding hydrogens is 462 g/mol. The van der Waals surface area contributed by atoms with Gasteiger partial charge in [-0.25, -0.2) is 15.0 Å². The molecule has 3 heterocycles. The number of hydrogen-bond donors (Lipinski definition) is 2. The molecule has 4 rings (SSSR count). The minimum Gasteiger partial charge on any atom is -0.384 e. The van der Waals surface area contributed by atoms with E-state index in [1.54, 1.807) is 22.8 Å². The van der Waals surface area contributed by atoms with E-state index >= 15 is 0 Å². The lowest BCUT2D eigenvalue weighted by molar-refractivity contribution is 0.387. The number of anilines is 1. The molecular formula is C20H16BrN9O. The van der Waals surface area contributed by atoms with Crippen molar-refractivity contribution in [3.05, 3.63) is 44.4 Å². The van der Waals surface area contributed by atoms with Crippen LogP contribution in [0.3, 0.4) is 0 Å². The number of nitrogen functional groups attached to an aromatic ring is 1. The molecule has 0 amide bonds. The van der Waals surface area contributed by atoms with Gasteiger partial charge in [-0.3, -0.25) is 4.79 Å². The zero-order valence-electron chi connectivity index (χ0n) is 16.6. The maximum Gasteiger partial charge on any atom is 0.259 e. The summed E-state index contributed by atoms with van der Waals surface area (Å²) in [6.07, 6.45) is 0. The number of likely N-dealkylation sites (N-methyl/N-ethyl adjacent to an activating group) is 1. The third kappa shape index (κ3) is 3.50. The van der Waals surface area contributed by atoms with Crippen LogP contribution in [-0.4, -0.2) is 50.0 Å². The van der Waals surface area contributed by atoms with Crippen LogP contribution in [0.2, 0.25) is 0 Å². The SMILES string of the molecule is CN(C)CCn1c(N)c(-c2nc3ccc(Br)cc3c(=O)[nH]2)c2nc(C#N)c(C#N)nc21. The summed E-state index contributed by atoms with van der Waals surface area (Å²) < 4.78 is 2.47. The Morgan fingerprint density at radius 1 is 1.19 bits per heavy atom. The summed E-state index contributed by atoms with van der Waals surface area (Å²) >= 11 is 3.35. The van der Waals surface area contributed by atoms with Crippen molar-refractivity contribution in [2.45, 2.75) is 6.54 Å². The molecule has 3 N–H and O–H groups in total. The van der Waals surface area contributed by atoms with Gasteiger partial charge in [-0.15, -0.1) is 0 Å². The standard InChI is InChI=1S/C20H16BrN9O/c1-29(2)5-6-30-17(24)15(16-19(30)27-14(9-23)13(8-22)25-16)18-26-12-4-3-10(21)7-11(12)20(31)28-18/h3-4,7H,5-6,24H2,1-2H3,(H,26,28,31). The van der Waals surface area contributed by atoms with E-state index < -0.39 is 0 Å². The molecule has 0 spiro atoms. The molecule has 0 saturated heterocycles. The molecule has 1 aromatic carbocycles. The van der Waals surface area contributed by atoms with Crippen molar-refractivity contribution in [2.75, 3.05) is 26.4 Å². The molecule has 0 unspecified atom stereocenters. The lowest BCUT2D eigenvalue weighted by Gasteiger charge is -2.12. The molecule has 0 aliphatic carbocycles. The highest BCUT2D eigenvalue weighted by Gasteiger charge is 2.24. The summed E-state index contributed by atoms with van der Waals surface area (Å²) in [5, 5.41) is 19.2. The number of rotatable bonds is 4. The third-order valence-corrected chi connectivity index (χ3v) is 5.30. The minimum atomic E-state index is -0.336. The highest BCUT2D eigenvalue weighted by molar-refractivity contribution is 9.10. The van der Waals surface area contributed by atoms with E-state index in [0.717, 1.165) is 4.47 Å². The first-order valence-electron chi connectivity index (χ1n) is 9.18. The second-order valence-corrected chi connectivity index (χ2v) is 8.02. The zero-order chi connectivity index (χ0) is 22.3. The second kappa shape index (κ2) is 7.80. The molecule has 0 aliphatic heterocycles. The number of halogens is 1. The quantitative estimate of drug-likeness (QED) is 0.452. The van der Waals surface area contributed by atoms with Gasteiger partial charge in [0.05, 0.1) is 16.5 Å².